The Bertz CT molecular complexity index is 393. The number of nitrogens with zero attached hydrogens (tertiary/aromatic N) is 1. The number of aromatic amines is 1. The fourth-order valence-corrected chi connectivity index (χ4v) is 1.80. The molecule has 1 aromatic heterocycles. The van der Waals surface area contributed by atoms with Crippen LogP contribution in [0.3, 0.4) is 0 Å². The Hall–Kier alpha value is -0.910. The second-order valence-electron chi connectivity index (χ2n) is 2.86. The molecule has 1 N–H and O–H groups in total. The molecular weight excluding hydrogens is 183 g/mol. The Labute approximate surface area is 69.0 Å². The van der Waals surface area contributed by atoms with Gasteiger partial charge in [0.2, 0.25) is 0 Å². The number of hydrogen-bond donors (Lipinski definition) is 1. The lowest BCUT2D eigenvalue weighted by atomic mass is 10.3. The molecule has 0 aromatic carbocycles. The van der Waals surface area contributed by atoms with Crippen LogP contribution < -0.4 is 0 Å². The van der Waals surface area contributed by atoms with Gasteiger partial charge in [-0.1, -0.05) is 0 Å². The minimum absolute atomic E-state index is 0.160. The van der Waals surface area contributed by atoms with Gasteiger partial charge in [0.15, 0.2) is 0 Å². The molecule has 0 saturated heterocycles. The van der Waals surface area contributed by atoms with Crippen molar-refractivity contribution in [2.75, 3.05) is 0 Å². The predicted molar refractivity (Wildman–Crippen MR) is 38.9 cm³/mol. The molecule has 0 aliphatic heterocycles. The van der Waals surface area contributed by atoms with Crippen LogP contribution in [-0.2, 0) is 10.2 Å². The van der Waals surface area contributed by atoms with Gasteiger partial charge in [0.25, 0.3) is 0 Å². The van der Waals surface area contributed by atoms with E-state index < -0.39 is 10.2 Å². The standard InChI is InChI=1S/C6H7FN2O2S/c7-12(10,11)5-3-8-9-6(5)4-1-2-4/h3-4H,1-2H2,(H,8,9). The molecular formula is C6H7FN2O2S. The fraction of sp³-hybridized carbons (Fsp3) is 0.500. The highest BCUT2D eigenvalue weighted by Gasteiger charge is 2.32. The fourth-order valence-electron chi connectivity index (χ4n) is 1.14. The molecule has 0 bridgehead atoms. The zero-order valence-electron chi connectivity index (χ0n) is 6.12. The van der Waals surface area contributed by atoms with Gasteiger partial charge in [-0.25, -0.2) is 0 Å². The molecule has 0 spiro atoms. The van der Waals surface area contributed by atoms with Crippen molar-refractivity contribution in [3.05, 3.63) is 11.9 Å². The number of H-pyrrole nitrogens is 1. The minimum atomic E-state index is -4.59. The third-order valence-electron chi connectivity index (χ3n) is 1.88. The highest BCUT2D eigenvalue weighted by atomic mass is 32.3. The number of hydrogen-bond acceptors (Lipinski definition) is 3. The third kappa shape index (κ3) is 1.22. The topological polar surface area (TPSA) is 62.8 Å². The molecule has 0 radical (unpaired) electrons. The summed E-state index contributed by atoms with van der Waals surface area (Å²) < 4.78 is 33.6. The maximum atomic E-state index is 12.5. The van der Waals surface area contributed by atoms with Gasteiger partial charge in [-0.15, -0.1) is 3.89 Å². The first-order chi connectivity index (χ1) is 5.59. The van der Waals surface area contributed by atoms with Crippen molar-refractivity contribution in [1.29, 1.82) is 0 Å². The summed E-state index contributed by atoms with van der Waals surface area (Å²) in [5.74, 6) is 0.160. The molecule has 0 atom stereocenters. The molecule has 4 nitrogen and oxygen atoms in total. The smallest absolute Gasteiger partial charge is 0.281 e. The van der Waals surface area contributed by atoms with E-state index in [1.807, 2.05) is 0 Å². The van der Waals surface area contributed by atoms with Gasteiger partial charge in [-0.3, -0.25) is 5.10 Å². The van der Waals surface area contributed by atoms with E-state index >= 15 is 0 Å². The Morgan fingerprint density at radius 3 is 2.75 bits per heavy atom. The minimum Gasteiger partial charge on any atom is -0.281 e. The Balaban J connectivity index is 2.49. The average molecular weight is 190 g/mol. The van der Waals surface area contributed by atoms with Crippen molar-refractivity contribution in [2.24, 2.45) is 0 Å². The van der Waals surface area contributed by atoms with Crippen LogP contribution in [0.1, 0.15) is 24.5 Å². The predicted octanol–water partition coefficient (Wildman–Crippen LogP) is 0.945. The Morgan fingerprint density at radius 1 is 1.58 bits per heavy atom. The van der Waals surface area contributed by atoms with Crippen LogP contribution in [0, 0.1) is 0 Å². The Morgan fingerprint density at radius 2 is 2.25 bits per heavy atom. The zero-order valence-corrected chi connectivity index (χ0v) is 6.94. The highest BCUT2D eigenvalue weighted by Crippen LogP contribution is 2.41. The van der Waals surface area contributed by atoms with E-state index in [0.717, 1.165) is 19.0 Å². The van der Waals surface area contributed by atoms with E-state index in [2.05, 4.69) is 10.2 Å². The van der Waals surface area contributed by atoms with Gasteiger partial charge in [-0.2, -0.15) is 13.5 Å². The quantitative estimate of drug-likeness (QED) is 0.706. The largest absolute Gasteiger partial charge is 0.335 e. The molecule has 1 aliphatic carbocycles. The molecule has 1 saturated carbocycles. The van der Waals surface area contributed by atoms with Crippen LogP contribution in [0.2, 0.25) is 0 Å². The maximum absolute atomic E-state index is 12.5. The molecule has 1 fully saturated rings. The second kappa shape index (κ2) is 2.29. The van der Waals surface area contributed by atoms with Gasteiger partial charge in [0.1, 0.15) is 4.90 Å². The normalized spacial score (nSPS) is 18.1. The van der Waals surface area contributed by atoms with Gasteiger partial charge in [0.05, 0.1) is 11.9 Å². The van der Waals surface area contributed by atoms with Gasteiger partial charge in [-0.05, 0) is 12.8 Å². The first-order valence-corrected chi connectivity index (χ1v) is 4.95. The van der Waals surface area contributed by atoms with Crippen molar-refractivity contribution in [3.63, 3.8) is 0 Å². The lowest BCUT2D eigenvalue weighted by Crippen LogP contribution is -1.94. The molecule has 1 aromatic rings. The molecule has 0 amide bonds. The van der Waals surface area contributed by atoms with Gasteiger partial charge >= 0.3 is 10.2 Å². The van der Waals surface area contributed by atoms with Crippen LogP contribution in [-0.4, -0.2) is 18.6 Å². The summed E-state index contributed by atoms with van der Waals surface area (Å²) in [4.78, 5) is -0.301. The summed E-state index contributed by atoms with van der Waals surface area (Å²) >= 11 is 0. The van der Waals surface area contributed by atoms with E-state index in [1.54, 1.807) is 0 Å². The lowest BCUT2D eigenvalue weighted by Gasteiger charge is -1.93. The summed E-state index contributed by atoms with van der Waals surface area (Å²) in [7, 11) is -4.59. The molecule has 1 aliphatic rings. The van der Waals surface area contributed by atoms with Crippen molar-refractivity contribution in [1.82, 2.24) is 10.2 Å². The Kier molecular flexibility index (Phi) is 1.47. The third-order valence-corrected chi connectivity index (χ3v) is 2.73. The second-order valence-corrected chi connectivity index (χ2v) is 4.18. The lowest BCUT2D eigenvalue weighted by molar-refractivity contribution is 0.551. The summed E-state index contributed by atoms with van der Waals surface area (Å²) in [6.07, 6.45) is 2.83. The summed E-state index contributed by atoms with van der Waals surface area (Å²) in [6.45, 7) is 0. The average Bonchev–Trinajstić information content (AvgIpc) is 2.65. The summed E-state index contributed by atoms with van der Waals surface area (Å²) in [5, 5.41) is 6.01. The summed E-state index contributed by atoms with van der Waals surface area (Å²) in [6, 6.07) is 0. The van der Waals surface area contributed by atoms with Crippen molar-refractivity contribution >= 4 is 10.2 Å². The van der Waals surface area contributed by atoms with E-state index in [9.17, 15) is 12.3 Å². The summed E-state index contributed by atoms with van der Waals surface area (Å²) in [5.41, 5.74) is 0.414. The van der Waals surface area contributed by atoms with Crippen molar-refractivity contribution < 1.29 is 12.3 Å². The monoisotopic (exact) mass is 190 g/mol. The van der Waals surface area contributed by atoms with Crippen LogP contribution in [0.4, 0.5) is 3.89 Å². The molecule has 2 rings (SSSR count). The SMILES string of the molecule is O=S(=O)(F)c1cn[nH]c1C1CC1. The van der Waals surface area contributed by atoms with Crippen LogP contribution in [0.25, 0.3) is 0 Å². The van der Waals surface area contributed by atoms with Gasteiger partial charge in [0, 0.05) is 5.92 Å². The van der Waals surface area contributed by atoms with E-state index in [4.69, 9.17) is 0 Å². The number of halogens is 1. The van der Waals surface area contributed by atoms with Crippen LogP contribution in [0.5, 0.6) is 0 Å². The maximum Gasteiger partial charge on any atom is 0.335 e. The van der Waals surface area contributed by atoms with Crippen molar-refractivity contribution in [3.8, 4) is 0 Å². The highest BCUT2D eigenvalue weighted by molar-refractivity contribution is 7.86. The first kappa shape index (κ1) is 7.72. The molecule has 1 heterocycles. The number of aromatic nitrogens is 2. The van der Waals surface area contributed by atoms with E-state index in [1.165, 1.54) is 0 Å². The first-order valence-electron chi connectivity index (χ1n) is 3.57. The number of rotatable bonds is 2. The van der Waals surface area contributed by atoms with Crippen molar-refractivity contribution in [2.45, 2.75) is 23.7 Å². The van der Waals surface area contributed by atoms with E-state index in [0.29, 0.717) is 5.69 Å². The van der Waals surface area contributed by atoms with Crippen LogP contribution in [0.15, 0.2) is 11.1 Å². The number of nitrogens with one attached hydrogen (secondary N) is 1. The zero-order chi connectivity index (χ0) is 8.77. The molecule has 12 heavy (non-hydrogen) atoms. The molecule has 0 unspecified atom stereocenters. The van der Waals surface area contributed by atoms with E-state index in [-0.39, 0.29) is 10.8 Å². The molecule has 6 heteroatoms. The van der Waals surface area contributed by atoms with Gasteiger partial charge < -0.3 is 0 Å². The van der Waals surface area contributed by atoms with Crippen LogP contribution >= 0.6 is 0 Å². The molecule has 66 valence electrons.